The second-order valence-electron chi connectivity index (χ2n) is 7.98. The number of carbonyl (C=O) groups excluding carboxylic acids is 1. The average Bonchev–Trinajstić information content (AvgIpc) is 3.08. The molecule has 0 spiro atoms. The number of hydrogen-bond acceptors (Lipinski definition) is 4. The molecular weight excluding hydrogens is 398 g/mol. The molecule has 0 aromatic heterocycles. The van der Waals surface area contributed by atoms with Crippen LogP contribution < -0.4 is 5.73 Å². The summed E-state index contributed by atoms with van der Waals surface area (Å²) in [7, 11) is -1.94. The first kappa shape index (κ1) is 23.1. The van der Waals surface area contributed by atoms with Gasteiger partial charge in [0.05, 0.1) is 4.90 Å². The van der Waals surface area contributed by atoms with E-state index in [4.69, 9.17) is 5.73 Å². The molecule has 1 aromatic carbocycles. The van der Waals surface area contributed by atoms with Crippen LogP contribution in [0.2, 0.25) is 0 Å². The van der Waals surface area contributed by atoms with Crippen LogP contribution >= 0.6 is 12.4 Å². The molecule has 1 amide bonds. The normalized spacial score (nSPS) is 23.6. The van der Waals surface area contributed by atoms with Crippen molar-refractivity contribution in [2.45, 2.75) is 62.4 Å². The zero-order valence-electron chi connectivity index (χ0n) is 16.7. The van der Waals surface area contributed by atoms with Gasteiger partial charge in [-0.25, -0.2) is 8.42 Å². The van der Waals surface area contributed by atoms with Gasteiger partial charge >= 0.3 is 0 Å². The van der Waals surface area contributed by atoms with Crippen LogP contribution in [0.5, 0.6) is 0 Å². The van der Waals surface area contributed by atoms with E-state index >= 15 is 0 Å². The Hall–Kier alpha value is -1.15. The maximum Gasteiger partial charge on any atom is 0.254 e. The van der Waals surface area contributed by atoms with Crippen LogP contribution in [0.4, 0.5) is 0 Å². The predicted molar refractivity (Wildman–Crippen MR) is 113 cm³/mol. The highest BCUT2D eigenvalue weighted by molar-refractivity contribution is 7.89. The zero-order valence-corrected chi connectivity index (χ0v) is 18.3. The lowest BCUT2D eigenvalue weighted by atomic mass is 9.96. The van der Waals surface area contributed by atoms with E-state index in [1.54, 1.807) is 25.2 Å². The van der Waals surface area contributed by atoms with Gasteiger partial charge in [0.15, 0.2) is 0 Å². The van der Waals surface area contributed by atoms with E-state index in [1.165, 1.54) is 16.8 Å². The van der Waals surface area contributed by atoms with Crippen LogP contribution in [0, 0.1) is 5.92 Å². The van der Waals surface area contributed by atoms with Crippen molar-refractivity contribution in [1.82, 2.24) is 9.21 Å². The molecule has 1 saturated heterocycles. The molecule has 1 aromatic rings. The fourth-order valence-corrected chi connectivity index (χ4v) is 5.82. The molecule has 1 aliphatic heterocycles. The number of likely N-dealkylation sites (tertiary alicyclic amines) is 1. The van der Waals surface area contributed by atoms with Gasteiger partial charge in [-0.2, -0.15) is 4.31 Å². The number of nitrogens with zero attached hydrogens (tertiary/aromatic N) is 2. The number of benzene rings is 1. The molecule has 28 heavy (non-hydrogen) atoms. The lowest BCUT2D eigenvalue weighted by molar-refractivity contribution is 0.0743. The minimum atomic E-state index is -3.60. The van der Waals surface area contributed by atoms with Crippen molar-refractivity contribution in [1.29, 1.82) is 0 Å². The summed E-state index contributed by atoms with van der Waals surface area (Å²) >= 11 is 0. The van der Waals surface area contributed by atoms with Gasteiger partial charge in [-0.3, -0.25) is 4.79 Å². The quantitative estimate of drug-likeness (QED) is 0.779. The first-order chi connectivity index (χ1) is 12.8. The van der Waals surface area contributed by atoms with Crippen LogP contribution in [0.25, 0.3) is 0 Å². The van der Waals surface area contributed by atoms with Gasteiger partial charge in [-0.05, 0) is 56.8 Å². The molecule has 0 radical (unpaired) electrons. The Labute approximate surface area is 174 Å². The molecule has 158 valence electrons. The first-order valence-electron chi connectivity index (χ1n) is 9.93. The standard InChI is InChI=1S/C20H31N3O3S.ClH/c1-15-11-16(13-21)14-23(15)20(24)17-7-6-10-19(12-17)27(25,26)22(2)18-8-4-3-5-9-18;/h6-7,10,12,15-16,18H,3-5,8-9,11,13-14,21H2,1-2H3;1H. The number of nitrogens with two attached hydrogens (primary N) is 1. The Balaban J connectivity index is 0.00000280. The molecular formula is C20H32ClN3O3S. The molecule has 6 nitrogen and oxygen atoms in total. The molecule has 1 heterocycles. The van der Waals surface area contributed by atoms with E-state index < -0.39 is 10.0 Å². The second kappa shape index (κ2) is 9.57. The monoisotopic (exact) mass is 429 g/mol. The minimum absolute atomic E-state index is 0. The van der Waals surface area contributed by atoms with E-state index in [0.717, 1.165) is 32.1 Å². The van der Waals surface area contributed by atoms with Crippen molar-refractivity contribution >= 4 is 28.3 Å². The molecule has 1 aliphatic carbocycles. The Morgan fingerprint density at radius 2 is 1.93 bits per heavy atom. The third-order valence-electron chi connectivity index (χ3n) is 6.10. The minimum Gasteiger partial charge on any atom is -0.336 e. The smallest absolute Gasteiger partial charge is 0.254 e. The Bertz CT molecular complexity index is 781. The van der Waals surface area contributed by atoms with E-state index in [-0.39, 0.29) is 35.3 Å². The summed E-state index contributed by atoms with van der Waals surface area (Å²) in [5.74, 6) is 0.198. The molecule has 2 aliphatic rings. The summed E-state index contributed by atoms with van der Waals surface area (Å²) in [5, 5.41) is 0. The summed E-state index contributed by atoms with van der Waals surface area (Å²) in [5.41, 5.74) is 6.19. The van der Waals surface area contributed by atoms with Crippen molar-refractivity contribution in [2.75, 3.05) is 20.1 Å². The van der Waals surface area contributed by atoms with E-state index in [1.807, 2.05) is 11.8 Å². The lowest BCUT2D eigenvalue weighted by Gasteiger charge is -2.30. The number of amides is 1. The Morgan fingerprint density at radius 1 is 1.25 bits per heavy atom. The van der Waals surface area contributed by atoms with Crippen molar-refractivity contribution in [3.05, 3.63) is 29.8 Å². The molecule has 2 fully saturated rings. The van der Waals surface area contributed by atoms with Crippen LogP contribution in [-0.2, 0) is 10.0 Å². The highest BCUT2D eigenvalue weighted by Gasteiger charge is 2.33. The first-order valence-corrected chi connectivity index (χ1v) is 11.4. The molecule has 0 bridgehead atoms. The number of carbonyl (C=O) groups is 1. The molecule has 2 atom stereocenters. The van der Waals surface area contributed by atoms with Gasteiger partial charge < -0.3 is 10.6 Å². The van der Waals surface area contributed by atoms with Crippen LogP contribution in [0.15, 0.2) is 29.2 Å². The summed E-state index contributed by atoms with van der Waals surface area (Å²) in [4.78, 5) is 15.0. The van der Waals surface area contributed by atoms with Gasteiger partial charge in [0, 0.05) is 31.2 Å². The van der Waals surface area contributed by atoms with Crippen LogP contribution in [0.3, 0.4) is 0 Å². The Morgan fingerprint density at radius 3 is 2.54 bits per heavy atom. The zero-order chi connectivity index (χ0) is 19.6. The lowest BCUT2D eigenvalue weighted by Crippen LogP contribution is -2.38. The van der Waals surface area contributed by atoms with Crippen LogP contribution in [0.1, 0.15) is 55.8 Å². The summed E-state index contributed by atoms with van der Waals surface area (Å²) in [6.45, 7) is 3.22. The maximum atomic E-state index is 13.1. The van der Waals surface area contributed by atoms with Gasteiger partial charge in [-0.1, -0.05) is 25.3 Å². The third-order valence-corrected chi connectivity index (χ3v) is 8.01. The van der Waals surface area contributed by atoms with Gasteiger partial charge in [0.25, 0.3) is 5.91 Å². The molecule has 8 heteroatoms. The third kappa shape index (κ3) is 4.70. The number of halogens is 1. The molecule has 2 unspecified atom stereocenters. The topological polar surface area (TPSA) is 83.7 Å². The maximum absolute atomic E-state index is 13.1. The molecule has 3 rings (SSSR count). The van der Waals surface area contributed by atoms with E-state index in [0.29, 0.717) is 24.6 Å². The highest BCUT2D eigenvalue weighted by atomic mass is 35.5. The Kier molecular flexibility index (Phi) is 7.90. The average molecular weight is 430 g/mol. The van der Waals surface area contributed by atoms with Crippen molar-refractivity contribution in [2.24, 2.45) is 11.7 Å². The summed E-state index contributed by atoms with van der Waals surface area (Å²) < 4.78 is 27.6. The number of hydrogen-bond donors (Lipinski definition) is 1. The van der Waals surface area contributed by atoms with Crippen LogP contribution in [-0.4, -0.2) is 55.8 Å². The van der Waals surface area contributed by atoms with Crippen molar-refractivity contribution in [3.63, 3.8) is 0 Å². The number of sulfonamides is 1. The fraction of sp³-hybridized carbons (Fsp3) is 0.650. The summed E-state index contributed by atoms with van der Waals surface area (Å²) in [6.07, 6.45) is 6.01. The van der Waals surface area contributed by atoms with E-state index in [9.17, 15) is 13.2 Å². The van der Waals surface area contributed by atoms with Crippen molar-refractivity contribution in [3.8, 4) is 0 Å². The van der Waals surface area contributed by atoms with Crippen molar-refractivity contribution < 1.29 is 13.2 Å². The fourth-order valence-electron chi connectivity index (χ4n) is 4.36. The highest BCUT2D eigenvalue weighted by Crippen LogP contribution is 2.28. The number of rotatable bonds is 5. The predicted octanol–water partition coefficient (Wildman–Crippen LogP) is 2.87. The largest absolute Gasteiger partial charge is 0.336 e. The van der Waals surface area contributed by atoms with Gasteiger partial charge in [-0.15, -0.1) is 12.4 Å². The molecule has 1 saturated carbocycles. The van der Waals surface area contributed by atoms with E-state index in [2.05, 4.69) is 0 Å². The van der Waals surface area contributed by atoms with Gasteiger partial charge in [0.2, 0.25) is 10.0 Å². The summed E-state index contributed by atoms with van der Waals surface area (Å²) in [6, 6.07) is 6.64. The SMILES string of the molecule is CC1CC(CN)CN1C(=O)c1cccc(S(=O)(=O)N(C)C2CCCCC2)c1.Cl. The molecule has 2 N–H and O–H groups in total. The van der Waals surface area contributed by atoms with Gasteiger partial charge in [0.1, 0.15) is 0 Å². The second-order valence-corrected chi connectivity index (χ2v) is 9.98.